The molecule has 2 aromatic carbocycles. The summed E-state index contributed by atoms with van der Waals surface area (Å²) in [5, 5.41) is 8.65. The summed E-state index contributed by atoms with van der Waals surface area (Å²) in [6.45, 7) is 2.17. The second kappa shape index (κ2) is 8.30. The van der Waals surface area contributed by atoms with E-state index in [9.17, 15) is 9.59 Å². The molecule has 0 aromatic heterocycles. The fraction of sp³-hybridized carbons (Fsp3) is 0.304. The fourth-order valence-corrected chi connectivity index (χ4v) is 4.03. The molecule has 1 fully saturated rings. The van der Waals surface area contributed by atoms with E-state index in [1.54, 1.807) is 29.8 Å². The van der Waals surface area contributed by atoms with Crippen LogP contribution in [0.15, 0.2) is 54.6 Å². The lowest BCUT2D eigenvalue weighted by atomic mass is 9.93. The number of hydrogen-bond acceptors (Lipinski definition) is 5. The van der Waals surface area contributed by atoms with Gasteiger partial charge in [0.05, 0.1) is 5.56 Å². The molecular weight excluding hydrogens is 382 g/mol. The van der Waals surface area contributed by atoms with Crippen molar-refractivity contribution >= 4 is 17.9 Å². The Morgan fingerprint density at radius 3 is 2.63 bits per heavy atom. The van der Waals surface area contributed by atoms with Crippen molar-refractivity contribution in [3.05, 3.63) is 71.3 Å². The molecule has 7 heteroatoms. The Labute approximate surface area is 175 Å². The monoisotopic (exact) mass is 407 g/mol. The van der Waals surface area contributed by atoms with E-state index >= 15 is 0 Å². The smallest absolute Gasteiger partial charge is 0.267 e. The zero-order chi connectivity index (χ0) is 21.1. The summed E-state index contributed by atoms with van der Waals surface area (Å²) in [5.41, 5.74) is 3.08. The summed E-state index contributed by atoms with van der Waals surface area (Å²) in [7, 11) is 2.08. The molecule has 1 spiro atoms. The standard InChI is InChI=1S/C23H25N3O4/c1-25-13-11-23(12-14-25)26(16-18-5-3-2-4-6-18)22(28)19-15-17(7-9-20(19)30-23)8-10-21(27)24-29/h2-10,15,29H,11-14,16H2,1H3,(H,24,27). The predicted octanol–water partition coefficient (Wildman–Crippen LogP) is 2.66. The molecule has 2 aliphatic heterocycles. The van der Waals surface area contributed by atoms with Gasteiger partial charge in [-0.2, -0.15) is 0 Å². The lowest BCUT2D eigenvalue weighted by Gasteiger charge is -2.50. The van der Waals surface area contributed by atoms with Crippen molar-refractivity contribution in [2.24, 2.45) is 0 Å². The lowest BCUT2D eigenvalue weighted by molar-refractivity contribution is -0.124. The van der Waals surface area contributed by atoms with Gasteiger partial charge >= 0.3 is 0 Å². The molecule has 0 saturated carbocycles. The van der Waals surface area contributed by atoms with Crippen molar-refractivity contribution in [3.63, 3.8) is 0 Å². The van der Waals surface area contributed by atoms with Crippen molar-refractivity contribution in [1.82, 2.24) is 15.3 Å². The van der Waals surface area contributed by atoms with Crippen LogP contribution in [-0.4, -0.2) is 52.7 Å². The molecule has 2 N–H and O–H groups in total. The van der Waals surface area contributed by atoms with Crippen LogP contribution in [-0.2, 0) is 11.3 Å². The van der Waals surface area contributed by atoms with Crippen LogP contribution < -0.4 is 10.2 Å². The van der Waals surface area contributed by atoms with Crippen LogP contribution in [0, 0.1) is 0 Å². The number of carbonyl (C=O) groups is 2. The highest BCUT2D eigenvalue weighted by Crippen LogP contribution is 2.40. The van der Waals surface area contributed by atoms with Crippen LogP contribution in [0.4, 0.5) is 0 Å². The number of hydroxylamine groups is 1. The van der Waals surface area contributed by atoms with E-state index in [0.29, 0.717) is 23.4 Å². The average molecular weight is 407 g/mol. The highest BCUT2D eigenvalue weighted by atomic mass is 16.5. The summed E-state index contributed by atoms with van der Waals surface area (Å²) in [4.78, 5) is 29.0. The first-order chi connectivity index (χ1) is 14.5. The van der Waals surface area contributed by atoms with Gasteiger partial charge in [-0.3, -0.25) is 19.7 Å². The maximum atomic E-state index is 13.6. The first-order valence-corrected chi connectivity index (χ1v) is 10.0. The number of likely N-dealkylation sites (tertiary alicyclic amines) is 1. The van der Waals surface area contributed by atoms with Crippen LogP contribution in [0.5, 0.6) is 5.75 Å². The van der Waals surface area contributed by atoms with Crippen molar-refractivity contribution in [2.45, 2.75) is 25.1 Å². The number of benzene rings is 2. The maximum Gasteiger partial charge on any atom is 0.267 e. The molecule has 0 radical (unpaired) electrons. The second-order valence-electron chi connectivity index (χ2n) is 7.79. The number of nitrogens with zero attached hydrogens (tertiary/aromatic N) is 2. The van der Waals surface area contributed by atoms with E-state index in [1.165, 1.54) is 6.08 Å². The average Bonchev–Trinajstić information content (AvgIpc) is 2.78. The number of nitrogens with one attached hydrogen (secondary N) is 1. The molecule has 2 amide bonds. The predicted molar refractivity (Wildman–Crippen MR) is 112 cm³/mol. The Morgan fingerprint density at radius 1 is 1.20 bits per heavy atom. The minimum Gasteiger partial charge on any atom is -0.467 e. The summed E-state index contributed by atoms with van der Waals surface area (Å²) in [5.74, 6) is -0.143. The van der Waals surface area contributed by atoms with Gasteiger partial charge in [0.25, 0.3) is 11.8 Å². The van der Waals surface area contributed by atoms with Crippen molar-refractivity contribution < 1.29 is 19.5 Å². The maximum absolute atomic E-state index is 13.6. The lowest BCUT2D eigenvalue weighted by Crippen LogP contribution is -2.62. The number of piperidine rings is 1. The SMILES string of the molecule is CN1CCC2(CC1)Oc1ccc(C=CC(=O)NO)cc1C(=O)N2Cc1ccccc1. The van der Waals surface area contributed by atoms with E-state index in [2.05, 4.69) is 11.9 Å². The van der Waals surface area contributed by atoms with E-state index in [0.717, 1.165) is 31.5 Å². The number of hydrogen-bond donors (Lipinski definition) is 2. The Balaban J connectivity index is 1.70. The van der Waals surface area contributed by atoms with Gasteiger partial charge in [0.15, 0.2) is 5.72 Å². The Hall–Kier alpha value is -3.16. The van der Waals surface area contributed by atoms with Gasteiger partial charge in [0.2, 0.25) is 0 Å². The van der Waals surface area contributed by atoms with Crippen molar-refractivity contribution in [1.29, 1.82) is 0 Å². The van der Waals surface area contributed by atoms with Crippen molar-refractivity contribution in [3.8, 4) is 5.75 Å². The Kier molecular flexibility index (Phi) is 5.57. The second-order valence-corrected chi connectivity index (χ2v) is 7.79. The van der Waals surface area contributed by atoms with Crippen LogP contribution >= 0.6 is 0 Å². The number of fused-ring (bicyclic) bond motifs is 1. The number of rotatable bonds is 4. The minimum atomic E-state index is -0.666. The number of carbonyl (C=O) groups excluding carboxylic acids is 2. The first kappa shape index (κ1) is 20.1. The third kappa shape index (κ3) is 3.94. The molecule has 156 valence electrons. The van der Waals surface area contributed by atoms with Gasteiger partial charge in [-0.1, -0.05) is 36.4 Å². The topological polar surface area (TPSA) is 82.1 Å². The van der Waals surface area contributed by atoms with Gasteiger partial charge in [-0.15, -0.1) is 0 Å². The molecule has 2 aromatic rings. The van der Waals surface area contributed by atoms with E-state index in [-0.39, 0.29) is 5.91 Å². The van der Waals surface area contributed by atoms with Crippen LogP contribution in [0.1, 0.15) is 34.3 Å². The molecular formula is C23H25N3O4. The summed E-state index contributed by atoms with van der Waals surface area (Å²) < 4.78 is 6.50. The molecule has 0 atom stereocenters. The number of amides is 2. The van der Waals surface area contributed by atoms with Gasteiger partial charge in [0.1, 0.15) is 5.75 Å². The summed E-state index contributed by atoms with van der Waals surface area (Å²) in [6.07, 6.45) is 4.22. The third-order valence-electron chi connectivity index (χ3n) is 5.76. The molecule has 2 aliphatic rings. The quantitative estimate of drug-likeness (QED) is 0.463. The highest BCUT2D eigenvalue weighted by Gasteiger charge is 2.48. The molecule has 0 bridgehead atoms. The van der Waals surface area contributed by atoms with Crippen LogP contribution in [0.2, 0.25) is 0 Å². The summed E-state index contributed by atoms with van der Waals surface area (Å²) in [6, 6.07) is 15.2. The van der Waals surface area contributed by atoms with Crippen LogP contribution in [0.25, 0.3) is 6.08 Å². The van der Waals surface area contributed by atoms with Gasteiger partial charge < -0.3 is 9.64 Å². The highest BCUT2D eigenvalue weighted by molar-refractivity contribution is 5.99. The molecule has 7 nitrogen and oxygen atoms in total. The first-order valence-electron chi connectivity index (χ1n) is 10.0. The minimum absolute atomic E-state index is 0.0773. The normalized spacial score (nSPS) is 18.3. The molecule has 2 heterocycles. The van der Waals surface area contributed by atoms with E-state index in [4.69, 9.17) is 9.94 Å². The molecule has 30 heavy (non-hydrogen) atoms. The molecule has 4 rings (SSSR count). The Bertz CT molecular complexity index is 966. The largest absolute Gasteiger partial charge is 0.467 e. The molecule has 0 aliphatic carbocycles. The van der Waals surface area contributed by atoms with Gasteiger partial charge in [-0.05, 0) is 36.4 Å². The third-order valence-corrected chi connectivity index (χ3v) is 5.76. The Morgan fingerprint density at radius 2 is 1.93 bits per heavy atom. The molecule has 0 unspecified atom stereocenters. The van der Waals surface area contributed by atoms with Gasteiger partial charge in [0, 0.05) is 38.6 Å². The number of ether oxygens (including phenoxy) is 1. The van der Waals surface area contributed by atoms with E-state index < -0.39 is 11.6 Å². The zero-order valence-corrected chi connectivity index (χ0v) is 16.9. The van der Waals surface area contributed by atoms with Gasteiger partial charge in [-0.25, -0.2) is 5.48 Å². The van der Waals surface area contributed by atoms with Crippen LogP contribution in [0.3, 0.4) is 0 Å². The zero-order valence-electron chi connectivity index (χ0n) is 16.9. The molecule has 1 saturated heterocycles. The van der Waals surface area contributed by atoms with Crippen molar-refractivity contribution in [2.75, 3.05) is 20.1 Å². The summed E-state index contributed by atoms with van der Waals surface area (Å²) >= 11 is 0. The van der Waals surface area contributed by atoms with E-state index in [1.807, 2.05) is 35.2 Å². The fourth-order valence-electron chi connectivity index (χ4n) is 4.03.